The van der Waals surface area contributed by atoms with Crippen LogP contribution < -0.4 is 15.4 Å². The molecule has 2 fully saturated rings. The van der Waals surface area contributed by atoms with Gasteiger partial charge in [0.1, 0.15) is 5.75 Å². The molecule has 0 spiro atoms. The Labute approximate surface area is 181 Å². The predicted molar refractivity (Wildman–Crippen MR) is 115 cm³/mol. The van der Waals surface area contributed by atoms with Crippen LogP contribution >= 0.6 is 11.6 Å². The summed E-state index contributed by atoms with van der Waals surface area (Å²) in [6.45, 7) is 3.77. The second-order valence-corrected chi connectivity index (χ2v) is 8.30. The monoisotopic (exact) mass is 430 g/mol. The first-order valence-electron chi connectivity index (χ1n) is 10.4. The van der Waals surface area contributed by atoms with Crippen LogP contribution in [0.2, 0.25) is 5.02 Å². The molecule has 4 rings (SSSR count). The molecule has 2 N–H and O–H groups in total. The molecule has 1 aromatic rings. The molecule has 4 unspecified atom stereocenters. The Morgan fingerprint density at radius 2 is 1.90 bits per heavy atom. The smallest absolute Gasteiger partial charge is 0.233 e. The molecule has 2 bridgehead atoms. The van der Waals surface area contributed by atoms with Crippen molar-refractivity contribution in [2.24, 2.45) is 28.7 Å². The molecule has 1 saturated heterocycles. The molecule has 2 amide bonds. The Hall–Kier alpha value is -2.54. The summed E-state index contributed by atoms with van der Waals surface area (Å²) in [5, 5.41) is 7.04. The number of fused-ring (bicyclic) bond motifs is 5. The Morgan fingerprint density at radius 3 is 2.53 bits per heavy atom. The number of likely N-dealkylation sites (tertiary alicyclic amines) is 1. The number of imide groups is 1. The van der Waals surface area contributed by atoms with Crippen molar-refractivity contribution in [1.82, 2.24) is 15.5 Å². The molecule has 1 aromatic carbocycles. The molecule has 3 aliphatic rings. The van der Waals surface area contributed by atoms with Crippen molar-refractivity contribution in [2.75, 3.05) is 26.7 Å². The van der Waals surface area contributed by atoms with Crippen molar-refractivity contribution < 1.29 is 14.3 Å². The van der Waals surface area contributed by atoms with Gasteiger partial charge in [0.15, 0.2) is 5.96 Å². The number of benzene rings is 1. The standard InChI is InChI=1S/C22H27ClN4O3/c1-3-30-17-11-16(23)7-6-15(17)12-26-22(24-2)25-8-9-27-20(28)18-13-4-5-14(10-13)19(18)21(27)29/h4-7,11,13-14,18-19H,3,8-10,12H2,1-2H3,(H2,24,25,26). The van der Waals surface area contributed by atoms with Gasteiger partial charge in [0.05, 0.1) is 18.4 Å². The Morgan fingerprint density at radius 1 is 1.20 bits per heavy atom. The summed E-state index contributed by atoms with van der Waals surface area (Å²) in [6, 6.07) is 5.53. The summed E-state index contributed by atoms with van der Waals surface area (Å²) in [5.74, 6) is 1.47. The fraction of sp³-hybridized carbons (Fsp3) is 0.500. The van der Waals surface area contributed by atoms with Gasteiger partial charge in [0, 0.05) is 37.3 Å². The van der Waals surface area contributed by atoms with Gasteiger partial charge in [-0.15, -0.1) is 0 Å². The van der Waals surface area contributed by atoms with E-state index in [0.29, 0.717) is 37.2 Å². The first-order chi connectivity index (χ1) is 14.5. The lowest BCUT2D eigenvalue weighted by atomic mass is 9.85. The topological polar surface area (TPSA) is 83.0 Å². The summed E-state index contributed by atoms with van der Waals surface area (Å²) in [5.41, 5.74) is 0.963. The molecule has 8 heteroatoms. The van der Waals surface area contributed by atoms with Crippen LogP contribution in [0.4, 0.5) is 0 Å². The molecular weight excluding hydrogens is 404 g/mol. The van der Waals surface area contributed by atoms with E-state index in [1.165, 1.54) is 4.90 Å². The van der Waals surface area contributed by atoms with Gasteiger partial charge in [-0.1, -0.05) is 29.8 Å². The largest absolute Gasteiger partial charge is 0.493 e. The predicted octanol–water partition coefficient (Wildman–Crippen LogP) is 2.21. The zero-order valence-corrected chi connectivity index (χ0v) is 18.0. The number of aliphatic imine (C=N–C) groups is 1. The van der Waals surface area contributed by atoms with Crippen molar-refractivity contribution in [2.45, 2.75) is 19.9 Å². The van der Waals surface area contributed by atoms with Crippen LogP contribution in [-0.2, 0) is 16.1 Å². The third-order valence-corrected chi connectivity index (χ3v) is 6.42. The van der Waals surface area contributed by atoms with Gasteiger partial charge in [-0.25, -0.2) is 0 Å². The van der Waals surface area contributed by atoms with Crippen molar-refractivity contribution in [3.63, 3.8) is 0 Å². The zero-order valence-electron chi connectivity index (χ0n) is 17.2. The lowest BCUT2D eigenvalue weighted by Crippen LogP contribution is -2.43. The van der Waals surface area contributed by atoms with Gasteiger partial charge in [0.2, 0.25) is 11.8 Å². The van der Waals surface area contributed by atoms with Crippen LogP contribution in [0, 0.1) is 23.7 Å². The van der Waals surface area contributed by atoms with E-state index in [-0.39, 0.29) is 35.5 Å². The maximum atomic E-state index is 12.7. The Kier molecular flexibility index (Phi) is 5.99. The van der Waals surface area contributed by atoms with E-state index >= 15 is 0 Å². The van der Waals surface area contributed by atoms with Crippen LogP contribution in [-0.4, -0.2) is 49.4 Å². The number of ether oxygens (including phenoxy) is 1. The molecule has 1 aliphatic heterocycles. The molecule has 0 aromatic heterocycles. The van der Waals surface area contributed by atoms with Crippen LogP contribution in [0.3, 0.4) is 0 Å². The highest BCUT2D eigenvalue weighted by molar-refractivity contribution is 6.30. The number of hydrogen-bond donors (Lipinski definition) is 2. The normalized spacial score (nSPS) is 27.0. The number of nitrogens with zero attached hydrogens (tertiary/aromatic N) is 2. The second-order valence-electron chi connectivity index (χ2n) is 7.87. The lowest BCUT2D eigenvalue weighted by Gasteiger charge is -2.19. The highest BCUT2D eigenvalue weighted by Crippen LogP contribution is 2.52. The first kappa shape index (κ1) is 20.7. The quantitative estimate of drug-likeness (QED) is 0.300. The number of allylic oxidation sites excluding steroid dienone is 2. The molecule has 7 nitrogen and oxygen atoms in total. The van der Waals surface area contributed by atoms with Crippen LogP contribution in [0.15, 0.2) is 35.3 Å². The SMILES string of the molecule is CCOc1cc(Cl)ccc1CNC(=NC)NCCN1C(=O)C2C3C=CC(C3)C2C1=O. The van der Waals surface area contributed by atoms with Gasteiger partial charge < -0.3 is 15.4 Å². The van der Waals surface area contributed by atoms with E-state index in [2.05, 4.69) is 27.8 Å². The number of carbonyl (C=O) groups is 2. The fourth-order valence-corrected chi connectivity index (χ4v) is 5.00. The van der Waals surface area contributed by atoms with Crippen LogP contribution in [0.1, 0.15) is 18.9 Å². The van der Waals surface area contributed by atoms with Crippen molar-refractivity contribution >= 4 is 29.4 Å². The number of carbonyl (C=O) groups excluding carboxylic acids is 2. The maximum Gasteiger partial charge on any atom is 0.233 e. The van der Waals surface area contributed by atoms with Gasteiger partial charge in [-0.05, 0) is 37.3 Å². The average Bonchev–Trinajstić information content (AvgIpc) is 3.41. The molecule has 0 radical (unpaired) electrons. The number of nitrogens with one attached hydrogen (secondary N) is 2. The van der Waals surface area contributed by atoms with Gasteiger partial charge in [-0.3, -0.25) is 19.5 Å². The minimum absolute atomic E-state index is 0.0193. The number of amides is 2. The van der Waals surface area contributed by atoms with E-state index in [1.807, 2.05) is 19.1 Å². The average molecular weight is 431 g/mol. The Bertz CT molecular complexity index is 870. The van der Waals surface area contributed by atoms with Gasteiger partial charge >= 0.3 is 0 Å². The lowest BCUT2D eigenvalue weighted by molar-refractivity contribution is -0.140. The molecule has 1 heterocycles. The molecule has 160 valence electrons. The summed E-state index contributed by atoms with van der Waals surface area (Å²) in [6.07, 6.45) is 5.17. The minimum atomic E-state index is -0.146. The van der Waals surface area contributed by atoms with E-state index in [9.17, 15) is 9.59 Å². The van der Waals surface area contributed by atoms with E-state index < -0.39 is 0 Å². The molecule has 2 aliphatic carbocycles. The number of halogens is 1. The number of rotatable bonds is 7. The first-order valence-corrected chi connectivity index (χ1v) is 10.8. The van der Waals surface area contributed by atoms with Crippen LogP contribution in [0.5, 0.6) is 5.75 Å². The molecule has 30 heavy (non-hydrogen) atoms. The minimum Gasteiger partial charge on any atom is -0.493 e. The fourth-order valence-electron chi connectivity index (χ4n) is 4.83. The number of guanidine groups is 1. The molecular formula is C22H27ClN4O3. The highest BCUT2D eigenvalue weighted by Gasteiger charge is 2.58. The summed E-state index contributed by atoms with van der Waals surface area (Å²) < 4.78 is 5.64. The van der Waals surface area contributed by atoms with Crippen LogP contribution in [0.25, 0.3) is 0 Å². The van der Waals surface area contributed by atoms with E-state index in [4.69, 9.17) is 16.3 Å². The highest BCUT2D eigenvalue weighted by atomic mass is 35.5. The third kappa shape index (κ3) is 3.78. The van der Waals surface area contributed by atoms with E-state index in [0.717, 1.165) is 17.7 Å². The zero-order chi connectivity index (χ0) is 21.3. The Balaban J connectivity index is 1.29. The molecule has 1 saturated carbocycles. The van der Waals surface area contributed by atoms with Crippen molar-refractivity contribution in [1.29, 1.82) is 0 Å². The summed E-state index contributed by atoms with van der Waals surface area (Å²) in [7, 11) is 1.68. The summed E-state index contributed by atoms with van der Waals surface area (Å²) in [4.78, 5) is 31.1. The third-order valence-electron chi connectivity index (χ3n) is 6.19. The molecule has 4 atom stereocenters. The van der Waals surface area contributed by atoms with Crippen molar-refractivity contribution in [3.05, 3.63) is 40.9 Å². The summed E-state index contributed by atoms with van der Waals surface area (Å²) >= 11 is 6.05. The van der Waals surface area contributed by atoms with E-state index in [1.54, 1.807) is 13.1 Å². The van der Waals surface area contributed by atoms with Gasteiger partial charge in [-0.2, -0.15) is 0 Å². The van der Waals surface area contributed by atoms with Gasteiger partial charge in [0.25, 0.3) is 0 Å². The maximum absolute atomic E-state index is 12.7. The van der Waals surface area contributed by atoms with Crippen molar-refractivity contribution in [3.8, 4) is 5.75 Å². The second kappa shape index (κ2) is 8.68. The number of hydrogen-bond acceptors (Lipinski definition) is 4.